The van der Waals surface area contributed by atoms with Gasteiger partial charge in [-0.3, -0.25) is 9.78 Å². The lowest BCUT2D eigenvalue weighted by molar-refractivity contribution is 0.0778. The summed E-state index contributed by atoms with van der Waals surface area (Å²) in [7, 11) is 1.76. The molecule has 5 nitrogen and oxygen atoms in total. The third kappa shape index (κ3) is 3.53. The van der Waals surface area contributed by atoms with Crippen molar-refractivity contribution in [2.45, 2.75) is 26.3 Å². The van der Waals surface area contributed by atoms with Gasteiger partial charge in [0, 0.05) is 12.4 Å². The van der Waals surface area contributed by atoms with E-state index in [0.29, 0.717) is 12.2 Å². The number of nitrogens with zero attached hydrogens (tertiary/aromatic N) is 4. The molecule has 0 saturated heterocycles. The number of benzene rings is 1. The summed E-state index contributed by atoms with van der Waals surface area (Å²) in [6.07, 6.45) is 3.66. The lowest BCUT2D eigenvalue weighted by atomic mass is 10.3. The molecule has 23 heavy (non-hydrogen) atoms. The van der Waals surface area contributed by atoms with E-state index in [2.05, 4.69) is 21.9 Å². The van der Waals surface area contributed by atoms with Gasteiger partial charge in [0.15, 0.2) is 0 Å². The minimum atomic E-state index is -0.0847. The van der Waals surface area contributed by atoms with E-state index in [-0.39, 0.29) is 5.91 Å². The minimum Gasteiger partial charge on any atom is -0.334 e. The first-order chi connectivity index (χ1) is 11.2. The number of aromatic nitrogens is 3. The van der Waals surface area contributed by atoms with Crippen LogP contribution in [-0.4, -0.2) is 32.8 Å². The number of para-hydroxylation sites is 2. The molecule has 6 heteroatoms. The van der Waals surface area contributed by atoms with Crippen molar-refractivity contribution in [3.63, 3.8) is 0 Å². The van der Waals surface area contributed by atoms with Crippen LogP contribution in [0.3, 0.4) is 0 Å². The van der Waals surface area contributed by atoms with Crippen molar-refractivity contribution in [3.05, 3.63) is 52.2 Å². The number of amides is 1. The fourth-order valence-corrected chi connectivity index (χ4v) is 3.19. The van der Waals surface area contributed by atoms with Crippen LogP contribution >= 0.6 is 11.3 Å². The van der Waals surface area contributed by atoms with Crippen molar-refractivity contribution < 1.29 is 4.79 Å². The Labute approximate surface area is 139 Å². The number of rotatable bonds is 5. The maximum absolute atomic E-state index is 12.5. The molecule has 118 valence electrons. The Bertz CT molecular complexity index is 830. The zero-order chi connectivity index (χ0) is 16.2. The molecule has 0 atom stereocenters. The predicted octanol–water partition coefficient (Wildman–Crippen LogP) is 3.31. The Morgan fingerprint density at radius 1 is 1.22 bits per heavy atom. The second-order valence-electron chi connectivity index (χ2n) is 5.39. The largest absolute Gasteiger partial charge is 0.334 e. The molecule has 1 aromatic carbocycles. The smallest absolute Gasteiger partial charge is 0.273 e. The van der Waals surface area contributed by atoms with Gasteiger partial charge in [0.1, 0.15) is 5.69 Å². The van der Waals surface area contributed by atoms with Crippen molar-refractivity contribution in [2.75, 3.05) is 7.05 Å². The zero-order valence-corrected chi connectivity index (χ0v) is 14.0. The average Bonchev–Trinajstić information content (AvgIpc) is 3.03. The molecule has 0 N–H and O–H groups in total. The first kappa shape index (κ1) is 15.6. The number of fused-ring (bicyclic) bond motifs is 1. The molecule has 0 aliphatic carbocycles. The number of hydrogen-bond acceptors (Lipinski definition) is 5. The maximum Gasteiger partial charge on any atom is 0.273 e. The minimum absolute atomic E-state index is 0.0847. The van der Waals surface area contributed by atoms with Crippen LogP contribution in [0.2, 0.25) is 0 Å². The van der Waals surface area contributed by atoms with Crippen LogP contribution in [0.1, 0.15) is 34.5 Å². The number of hydrogen-bond donors (Lipinski definition) is 0. The second-order valence-corrected chi connectivity index (χ2v) is 6.33. The molecule has 3 aromatic rings. The molecule has 0 aliphatic rings. The van der Waals surface area contributed by atoms with Crippen molar-refractivity contribution in [1.29, 1.82) is 0 Å². The van der Waals surface area contributed by atoms with E-state index in [1.807, 2.05) is 29.6 Å². The van der Waals surface area contributed by atoms with E-state index in [4.69, 9.17) is 0 Å². The van der Waals surface area contributed by atoms with Gasteiger partial charge < -0.3 is 4.90 Å². The third-order valence-electron chi connectivity index (χ3n) is 3.48. The summed E-state index contributed by atoms with van der Waals surface area (Å²) >= 11 is 1.54. The van der Waals surface area contributed by atoms with Crippen LogP contribution in [0.25, 0.3) is 11.0 Å². The van der Waals surface area contributed by atoms with Crippen LogP contribution in [0.15, 0.2) is 35.8 Å². The van der Waals surface area contributed by atoms with Crippen LogP contribution < -0.4 is 0 Å². The zero-order valence-electron chi connectivity index (χ0n) is 13.2. The Hall–Kier alpha value is -2.34. The van der Waals surface area contributed by atoms with Crippen molar-refractivity contribution in [2.24, 2.45) is 0 Å². The SMILES string of the molecule is CCCc1nc(C(=O)N(C)Cc2cnc3ccccc3n2)cs1. The van der Waals surface area contributed by atoms with Crippen LogP contribution in [0, 0.1) is 0 Å². The van der Waals surface area contributed by atoms with Gasteiger partial charge in [-0.1, -0.05) is 19.1 Å². The maximum atomic E-state index is 12.5. The van der Waals surface area contributed by atoms with Gasteiger partial charge in [-0.2, -0.15) is 0 Å². The van der Waals surface area contributed by atoms with E-state index < -0.39 is 0 Å². The standard InChI is InChI=1S/C17H18N4OS/c1-3-6-16-20-15(11-23-16)17(22)21(2)10-12-9-18-13-7-4-5-8-14(13)19-12/h4-5,7-9,11H,3,6,10H2,1-2H3. The van der Waals surface area contributed by atoms with E-state index in [0.717, 1.165) is 34.6 Å². The third-order valence-corrected chi connectivity index (χ3v) is 4.39. The monoisotopic (exact) mass is 326 g/mol. The second kappa shape index (κ2) is 6.83. The van der Waals surface area contributed by atoms with Gasteiger partial charge in [-0.15, -0.1) is 11.3 Å². The summed E-state index contributed by atoms with van der Waals surface area (Å²) in [6.45, 7) is 2.52. The summed E-state index contributed by atoms with van der Waals surface area (Å²) in [6, 6.07) is 7.71. The molecule has 3 rings (SSSR count). The number of carbonyl (C=O) groups excluding carboxylic acids is 1. The summed E-state index contributed by atoms with van der Waals surface area (Å²) in [5.41, 5.74) is 2.97. The number of carbonyl (C=O) groups is 1. The molecule has 0 unspecified atom stereocenters. The van der Waals surface area contributed by atoms with Gasteiger partial charge in [-0.05, 0) is 25.0 Å². The summed E-state index contributed by atoms with van der Waals surface area (Å²) in [5.74, 6) is -0.0847. The van der Waals surface area contributed by atoms with Crippen molar-refractivity contribution in [3.8, 4) is 0 Å². The fraction of sp³-hybridized carbons (Fsp3) is 0.294. The molecular weight excluding hydrogens is 308 g/mol. The number of thiazole rings is 1. The molecule has 0 spiro atoms. The van der Waals surface area contributed by atoms with E-state index in [1.54, 1.807) is 29.5 Å². The highest BCUT2D eigenvalue weighted by Crippen LogP contribution is 2.15. The lowest BCUT2D eigenvalue weighted by Crippen LogP contribution is -2.27. The molecular formula is C17H18N4OS. The first-order valence-corrected chi connectivity index (χ1v) is 8.46. The Morgan fingerprint density at radius 2 is 2.00 bits per heavy atom. The molecule has 1 amide bonds. The Balaban J connectivity index is 1.73. The van der Waals surface area contributed by atoms with Crippen LogP contribution in [-0.2, 0) is 13.0 Å². The van der Waals surface area contributed by atoms with Crippen molar-refractivity contribution >= 4 is 28.3 Å². The fourth-order valence-electron chi connectivity index (χ4n) is 2.32. The van der Waals surface area contributed by atoms with Crippen LogP contribution in [0.5, 0.6) is 0 Å². The highest BCUT2D eigenvalue weighted by atomic mass is 32.1. The predicted molar refractivity (Wildman–Crippen MR) is 91.4 cm³/mol. The summed E-state index contributed by atoms with van der Waals surface area (Å²) < 4.78 is 0. The van der Waals surface area contributed by atoms with Gasteiger partial charge in [0.25, 0.3) is 5.91 Å². The van der Waals surface area contributed by atoms with E-state index in [9.17, 15) is 4.79 Å². The molecule has 2 aromatic heterocycles. The first-order valence-electron chi connectivity index (χ1n) is 7.58. The molecule has 0 aliphatic heterocycles. The Morgan fingerprint density at radius 3 is 2.78 bits per heavy atom. The van der Waals surface area contributed by atoms with Gasteiger partial charge in [0.2, 0.25) is 0 Å². The van der Waals surface area contributed by atoms with E-state index >= 15 is 0 Å². The lowest BCUT2D eigenvalue weighted by Gasteiger charge is -2.15. The van der Waals surface area contributed by atoms with E-state index in [1.165, 1.54) is 0 Å². The highest BCUT2D eigenvalue weighted by molar-refractivity contribution is 7.09. The summed E-state index contributed by atoms with van der Waals surface area (Å²) in [5, 5.41) is 2.84. The normalized spacial score (nSPS) is 10.9. The van der Waals surface area contributed by atoms with Gasteiger partial charge in [0.05, 0.1) is 34.5 Å². The topological polar surface area (TPSA) is 59.0 Å². The molecule has 0 saturated carbocycles. The quantitative estimate of drug-likeness (QED) is 0.722. The molecule has 2 heterocycles. The van der Waals surface area contributed by atoms with Crippen LogP contribution in [0.4, 0.5) is 0 Å². The number of aryl methyl sites for hydroxylation is 1. The Kier molecular flexibility index (Phi) is 4.62. The average molecular weight is 326 g/mol. The molecule has 0 bridgehead atoms. The van der Waals surface area contributed by atoms with Gasteiger partial charge in [-0.25, -0.2) is 9.97 Å². The molecule has 0 radical (unpaired) electrons. The molecule has 0 fully saturated rings. The summed E-state index contributed by atoms with van der Waals surface area (Å²) in [4.78, 5) is 27.4. The van der Waals surface area contributed by atoms with Crippen molar-refractivity contribution in [1.82, 2.24) is 19.9 Å². The van der Waals surface area contributed by atoms with Gasteiger partial charge >= 0.3 is 0 Å². The highest BCUT2D eigenvalue weighted by Gasteiger charge is 2.16.